The minimum absolute atomic E-state index is 0.279. The van der Waals surface area contributed by atoms with Crippen LogP contribution in [0.2, 0.25) is 0 Å². The predicted molar refractivity (Wildman–Crippen MR) is 68.4 cm³/mol. The SMILES string of the molecule is O=[S@](Cc1ccccc1)Cc1cccc(F)c1. The van der Waals surface area contributed by atoms with Crippen molar-refractivity contribution in [3.8, 4) is 0 Å². The topological polar surface area (TPSA) is 17.1 Å². The van der Waals surface area contributed by atoms with Gasteiger partial charge in [0.05, 0.1) is 0 Å². The number of hydrogen-bond acceptors (Lipinski definition) is 1. The lowest BCUT2D eigenvalue weighted by molar-refractivity contribution is 0.626. The molecule has 88 valence electrons. The summed E-state index contributed by atoms with van der Waals surface area (Å²) in [6.45, 7) is 0. The van der Waals surface area contributed by atoms with Gasteiger partial charge in [0.1, 0.15) is 5.82 Å². The van der Waals surface area contributed by atoms with E-state index in [0.717, 1.165) is 11.1 Å². The van der Waals surface area contributed by atoms with Crippen molar-refractivity contribution in [1.82, 2.24) is 0 Å². The van der Waals surface area contributed by atoms with Crippen LogP contribution in [0.1, 0.15) is 11.1 Å². The standard InChI is InChI=1S/C14H13FOS/c15-14-8-4-7-13(9-14)11-17(16)10-12-5-2-1-3-6-12/h1-9H,10-11H2/t17-/m1/s1. The predicted octanol–water partition coefficient (Wildman–Crippen LogP) is 3.27. The first-order valence-electron chi connectivity index (χ1n) is 5.37. The Morgan fingerprint density at radius 2 is 1.53 bits per heavy atom. The Hall–Kier alpha value is -1.48. The zero-order chi connectivity index (χ0) is 12.1. The van der Waals surface area contributed by atoms with Crippen LogP contribution < -0.4 is 0 Å². The molecule has 0 spiro atoms. The van der Waals surface area contributed by atoms with E-state index in [-0.39, 0.29) is 5.82 Å². The third-order valence-electron chi connectivity index (χ3n) is 2.39. The summed E-state index contributed by atoms with van der Waals surface area (Å²) in [4.78, 5) is 0. The van der Waals surface area contributed by atoms with E-state index in [4.69, 9.17) is 0 Å². The summed E-state index contributed by atoms with van der Waals surface area (Å²) in [5, 5.41) is 0. The van der Waals surface area contributed by atoms with Crippen LogP contribution in [0.3, 0.4) is 0 Å². The molecule has 0 bridgehead atoms. The van der Waals surface area contributed by atoms with Gasteiger partial charge in [0.25, 0.3) is 0 Å². The van der Waals surface area contributed by atoms with Gasteiger partial charge in [0.15, 0.2) is 0 Å². The molecule has 0 amide bonds. The molecule has 1 atom stereocenters. The van der Waals surface area contributed by atoms with E-state index < -0.39 is 10.8 Å². The Balaban J connectivity index is 1.98. The van der Waals surface area contributed by atoms with E-state index in [2.05, 4.69) is 0 Å². The number of rotatable bonds is 4. The summed E-state index contributed by atoms with van der Waals surface area (Å²) in [6, 6.07) is 15.9. The molecule has 0 aliphatic carbocycles. The molecular formula is C14H13FOS. The van der Waals surface area contributed by atoms with Crippen LogP contribution in [-0.4, -0.2) is 4.21 Å². The van der Waals surface area contributed by atoms with E-state index in [0.29, 0.717) is 11.5 Å². The first-order valence-corrected chi connectivity index (χ1v) is 6.86. The highest BCUT2D eigenvalue weighted by Gasteiger charge is 2.03. The summed E-state index contributed by atoms with van der Waals surface area (Å²) in [5.74, 6) is 0.628. The van der Waals surface area contributed by atoms with E-state index in [9.17, 15) is 8.60 Å². The van der Waals surface area contributed by atoms with Crippen LogP contribution in [0, 0.1) is 5.82 Å². The Morgan fingerprint density at radius 3 is 2.24 bits per heavy atom. The van der Waals surface area contributed by atoms with E-state index >= 15 is 0 Å². The second kappa shape index (κ2) is 5.73. The van der Waals surface area contributed by atoms with E-state index in [1.54, 1.807) is 12.1 Å². The first kappa shape index (κ1) is 12.0. The molecule has 3 heteroatoms. The van der Waals surface area contributed by atoms with Gasteiger partial charge in [-0.25, -0.2) is 4.39 Å². The van der Waals surface area contributed by atoms with Gasteiger partial charge in [-0.1, -0.05) is 42.5 Å². The third kappa shape index (κ3) is 3.79. The third-order valence-corrected chi connectivity index (χ3v) is 3.70. The lowest BCUT2D eigenvalue weighted by Gasteiger charge is -2.03. The van der Waals surface area contributed by atoms with Gasteiger partial charge < -0.3 is 0 Å². The Kier molecular flexibility index (Phi) is 4.04. The molecule has 2 rings (SSSR count). The zero-order valence-electron chi connectivity index (χ0n) is 9.30. The second-order valence-corrected chi connectivity index (χ2v) is 5.30. The molecule has 0 aromatic heterocycles. The molecule has 0 N–H and O–H groups in total. The summed E-state index contributed by atoms with van der Waals surface area (Å²) in [7, 11) is -0.997. The van der Waals surface area contributed by atoms with E-state index in [1.165, 1.54) is 12.1 Å². The molecular weight excluding hydrogens is 235 g/mol. The van der Waals surface area contributed by atoms with Crippen LogP contribution in [0.25, 0.3) is 0 Å². The van der Waals surface area contributed by atoms with Gasteiger partial charge in [0, 0.05) is 22.3 Å². The van der Waals surface area contributed by atoms with Crippen molar-refractivity contribution in [2.24, 2.45) is 0 Å². The second-order valence-electron chi connectivity index (χ2n) is 3.84. The van der Waals surface area contributed by atoms with Crippen molar-refractivity contribution in [3.63, 3.8) is 0 Å². The molecule has 17 heavy (non-hydrogen) atoms. The molecule has 0 aliphatic rings. The average molecular weight is 248 g/mol. The molecule has 2 aromatic carbocycles. The van der Waals surface area contributed by atoms with Crippen LogP contribution in [-0.2, 0) is 22.3 Å². The van der Waals surface area contributed by atoms with Gasteiger partial charge in [-0.2, -0.15) is 0 Å². The zero-order valence-corrected chi connectivity index (χ0v) is 10.1. The van der Waals surface area contributed by atoms with Crippen LogP contribution in [0.15, 0.2) is 54.6 Å². The summed E-state index contributed by atoms with van der Waals surface area (Å²) < 4.78 is 24.8. The molecule has 0 aliphatic heterocycles. The lowest BCUT2D eigenvalue weighted by atomic mass is 10.2. The molecule has 0 saturated heterocycles. The maximum Gasteiger partial charge on any atom is 0.123 e. The van der Waals surface area contributed by atoms with Crippen molar-refractivity contribution in [2.75, 3.05) is 0 Å². The largest absolute Gasteiger partial charge is 0.259 e. The van der Waals surface area contributed by atoms with Crippen molar-refractivity contribution < 1.29 is 8.60 Å². The Labute approximate surface area is 103 Å². The number of benzene rings is 2. The highest BCUT2D eigenvalue weighted by molar-refractivity contribution is 7.83. The van der Waals surface area contributed by atoms with Crippen molar-refractivity contribution in [3.05, 3.63) is 71.5 Å². The van der Waals surface area contributed by atoms with E-state index in [1.807, 2.05) is 30.3 Å². The van der Waals surface area contributed by atoms with Gasteiger partial charge in [-0.05, 0) is 23.3 Å². The smallest absolute Gasteiger partial charge is 0.123 e. The van der Waals surface area contributed by atoms with Crippen LogP contribution in [0.4, 0.5) is 4.39 Å². The fourth-order valence-corrected chi connectivity index (χ4v) is 2.84. The van der Waals surface area contributed by atoms with Crippen LogP contribution >= 0.6 is 0 Å². The monoisotopic (exact) mass is 248 g/mol. The highest BCUT2D eigenvalue weighted by atomic mass is 32.2. The summed E-state index contributed by atoms with van der Waals surface area (Å²) in [5.41, 5.74) is 1.82. The first-order chi connectivity index (χ1) is 8.24. The van der Waals surface area contributed by atoms with Gasteiger partial charge >= 0.3 is 0 Å². The molecule has 0 unspecified atom stereocenters. The minimum atomic E-state index is -0.997. The van der Waals surface area contributed by atoms with Gasteiger partial charge in [-0.3, -0.25) is 4.21 Å². The Morgan fingerprint density at radius 1 is 0.882 bits per heavy atom. The van der Waals surface area contributed by atoms with Crippen molar-refractivity contribution in [1.29, 1.82) is 0 Å². The van der Waals surface area contributed by atoms with Gasteiger partial charge in [0.2, 0.25) is 0 Å². The fourth-order valence-electron chi connectivity index (χ4n) is 1.62. The molecule has 0 saturated carbocycles. The fraction of sp³-hybridized carbons (Fsp3) is 0.143. The van der Waals surface area contributed by atoms with Crippen LogP contribution in [0.5, 0.6) is 0 Å². The minimum Gasteiger partial charge on any atom is -0.259 e. The average Bonchev–Trinajstić information content (AvgIpc) is 2.30. The molecule has 1 nitrogen and oxygen atoms in total. The Bertz CT molecular complexity index is 511. The van der Waals surface area contributed by atoms with Gasteiger partial charge in [-0.15, -0.1) is 0 Å². The summed E-state index contributed by atoms with van der Waals surface area (Å²) in [6.07, 6.45) is 0. The van der Waals surface area contributed by atoms with Crippen molar-refractivity contribution in [2.45, 2.75) is 11.5 Å². The molecule has 0 radical (unpaired) electrons. The summed E-state index contributed by atoms with van der Waals surface area (Å²) >= 11 is 0. The normalized spacial score (nSPS) is 12.3. The lowest BCUT2D eigenvalue weighted by Crippen LogP contribution is -1.99. The molecule has 0 heterocycles. The van der Waals surface area contributed by atoms with Crippen molar-refractivity contribution >= 4 is 10.8 Å². The maximum atomic E-state index is 12.9. The number of halogens is 1. The quantitative estimate of drug-likeness (QED) is 0.811. The highest BCUT2D eigenvalue weighted by Crippen LogP contribution is 2.10. The molecule has 2 aromatic rings. The number of hydrogen-bond donors (Lipinski definition) is 0. The molecule has 0 fully saturated rings. The maximum absolute atomic E-state index is 12.9.